The van der Waals surface area contributed by atoms with Crippen LogP contribution in [0.5, 0.6) is 0 Å². The molecule has 13 rings (SSSR count). The molecule has 0 saturated heterocycles. The van der Waals surface area contributed by atoms with E-state index >= 15 is 0 Å². The van der Waals surface area contributed by atoms with Crippen LogP contribution in [0.1, 0.15) is 22.3 Å². The highest BCUT2D eigenvalue weighted by Gasteiger charge is 2.23. The zero-order chi connectivity index (χ0) is 48.5. The summed E-state index contributed by atoms with van der Waals surface area (Å²) in [7, 11) is 0. The summed E-state index contributed by atoms with van der Waals surface area (Å²) in [6.07, 6.45) is 0. The van der Waals surface area contributed by atoms with Crippen LogP contribution >= 0.6 is 0 Å². The Bertz CT molecular complexity index is 4070. The summed E-state index contributed by atoms with van der Waals surface area (Å²) in [6.45, 7) is 8.74. The highest BCUT2D eigenvalue weighted by Crippen LogP contribution is 2.43. The van der Waals surface area contributed by atoms with Crippen molar-refractivity contribution < 1.29 is 0 Å². The molecule has 0 amide bonds. The van der Waals surface area contributed by atoms with Gasteiger partial charge in [-0.3, -0.25) is 0 Å². The third-order valence-electron chi connectivity index (χ3n) is 14.4. The molecule has 0 saturated carbocycles. The molecule has 3 heterocycles. The Morgan fingerprint density at radius 3 is 1.33 bits per heavy atom. The number of aromatic nitrogens is 5. The number of aryl methyl sites for hydroxylation is 4. The Kier molecular flexibility index (Phi) is 10.3. The Hall–Kier alpha value is -9.19. The van der Waals surface area contributed by atoms with Gasteiger partial charge >= 0.3 is 0 Å². The monoisotopic (exact) mass is 923 g/mol. The Labute approximate surface area is 419 Å². The van der Waals surface area contributed by atoms with E-state index in [1.165, 1.54) is 71.6 Å². The average molecular weight is 924 g/mol. The van der Waals surface area contributed by atoms with E-state index in [1.54, 1.807) is 0 Å². The first kappa shape index (κ1) is 42.9. The molecule has 342 valence electrons. The van der Waals surface area contributed by atoms with Gasteiger partial charge in [0.05, 0.1) is 27.8 Å². The van der Waals surface area contributed by atoms with Crippen LogP contribution in [0.15, 0.2) is 224 Å². The van der Waals surface area contributed by atoms with E-state index in [4.69, 9.17) is 15.0 Å². The van der Waals surface area contributed by atoms with Gasteiger partial charge in [0.1, 0.15) is 0 Å². The van der Waals surface area contributed by atoms with Crippen molar-refractivity contribution in [2.75, 3.05) is 0 Å². The van der Waals surface area contributed by atoms with Crippen LogP contribution in [0.2, 0.25) is 0 Å². The van der Waals surface area contributed by atoms with Crippen LogP contribution in [0.25, 0.3) is 123 Å². The lowest BCUT2D eigenvalue weighted by atomic mass is 9.95. The predicted octanol–water partition coefficient (Wildman–Crippen LogP) is 17.3. The number of nitrogens with zero attached hydrogens (tertiary/aromatic N) is 5. The Morgan fingerprint density at radius 2 is 0.750 bits per heavy atom. The molecule has 3 aromatic heterocycles. The van der Waals surface area contributed by atoms with Gasteiger partial charge in [-0.1, -0.05) is 175 Å². The molecule has 0 fully saturated rings. The summed E-state index contributed by atoms with van der Waals surface area (Å²) in [6, 6.07) is 80.9. The van der Waals surface area contributed by atoms with Crippen LogP contribution < -0.4 is 0 Å². The molecule has 0 bridgehead atoms. The lowest BCUT2D eigenvalue weighted by Crippen LogP contribution is -2.04. The van der Waals surface area contributed by atoms with Crippen LogP contribution in [0.4, 0.5) is 0 Å². The average Bonchev–Trinajstić information content (AvgIpc) is 3.93. The molecule has 10 aromatic carbocycles. The zero-order valence-corrected chi connectivity index (χ0v) is 40.6. The second-order valence-corrected chi connectivity index (χ2v) is 19.1. The highest BCUT2D eigenvalue weighted by molar-refractivity contribution is 6.13. The van der Waals surface area contributed by atoms with E-state index in [-0.39, 0.29) is 0 Å². The smallest absolute Gasteiger partial charge is 0.166 e. The lowest BCUT2D eigenvalue weighted by Gasteiger charge is -2.17. The Balaban J connectivity index is 1.10. The van der Waals surface area contributed by atoms with E-state index in [0.717, 1.165) is 55.7 Å². The molecule has 0 unspecified atom stereocenters. The normalized spacial score (nSPS) is 11.6. The second kappa shape index (κ2) is 17.3. The van der Waals surface area contributed by atoms with Gasteiger partial charge in [0, 0.05) is 43.9 Å². The van der Waals surface area contributed by atoms with Gasteiger partial charge in [0.2, 0.25) is 0 Å². The number of rotatable bonds is 8. The van der Waals surface area contributed by atoms with Crippen LogP contribution in [0, 0.1) is 27.7 Å². The fourth-order valence-corrected chi connectivity index (χ4v) is 10.9. The number of para-hydroxylation sites is 2. The van der Waals surface area contributed by atoms with Crippen molar-refractivity contribution in [3.05, 3.63) is 247 Å². The third-order valence-corrected chi connectivity index (χ3v) is 14.4. The van der Waals surface area contributed by atoms with Crippen molar-refractivity contribution in [2.45, 2.75) is 27.7 Å². The fraction of sp³-hybridized carbons (Fsp3) is 0.0597. The summed E-state index contributed by atoms with van der Waals surface area (Å²) in [5.41, 5.74) is 21.3. The minimum absolute atomic E-state index is 0.591. The fourth-order valence-electron chi connectivity index (χ4n) is 10.9. The van der Waals surface area contributed by atoms with Crippen LogP contribution in [-0.2, 0) is 0 Å². The molecule has 13 aromatic rings. The summed E-state index contributed by atoms with van der Waals surface area (Å²) >= 11 is 0. The highest BCUT2D eigenvalue weighted by atomic mass is 15.1. The SMILES string of the molecule is Cc1ccc(-c2ccc3c(c2)c2cc(-c4ccc(C)cc4C)ccc2n3-c2ccc(-c3ccc4c5ccccc5n(-c5ccccc5)c4c3)cc2-c2nc(-c3ccccc3)nc(-c3ccccc3)n2)c(C)c1. The molecule has 0 spiro atoms. The molecular formula is C67H49N5. The van der Waals surface area contributed by atoms with Crippen molar-refractivity contribution in [3.8, 4) is 78.9 Å². The summed E-state index contributed by atoms with van der Waals surface area (Å²) < 4.78 is 4.80. The number of benzene rings is 10. The third kappa shape index (κ3) is 7.37. The van der Waals surface area contributed by atoms with Crippen molar-refractivity contribution in [3.63, 3.8) is 0 Å². The molecule has 0 aliphatic carbocycles. The zero-order valence-electron chi connectivity index (χ0n) is 40.6. The molecule has 0 aliphatic heterocycles. The molecule has 0 N–H and O–H groups in total. The molecular weight excluding hydrogens is 875 g/mol. The van der Waals surface area contributed by atoms with E-state index in [9.17, 15) is 0 Å². The largest absolute Gasteiger partial charge is 0.309 e. The van der Waals surface area contributed by atoms with Gasteiger partial charge in [-0.15, -0.1) is 0 Å². The minimum Gasteiger partial charge on any atom is -0.309 e. The first-order valence-corrected chi connectivity index (χ1v) is 24.7. The van der Waals surface area contributed by atoms with Gasteiger partial charge in [-0.25, -0.2) is 15.0 Å². The van der Waals surface area contributed by atoms with E-state index in [2.05, 4.69) is 225 Å². The molecule has 72 heavy (non-hydrogen) atoms. The maximum Gasteiger partial charge on any atom is 0.166 e. The van der Waals surface area contributed by atoms with Crippen molar-refractivity contribution in [1.82, 2.24) is 24.1 Å². The van der Waals surface area contributed by atoms with Crippen LogP contribution in [-0.4, -0.2) is 24.1 Å². The number of hydrogen-bond acceptors (Lipinski definition) is 3. The van der Waals surface area contributed by atoms with Crippen LogP contribution in [0.3, 0.4) is 0 Å². The van der Waals surface area contributed by atoms with E-state index < -0.39 is 0 Å². The van der Waals surface area contributed by atoms with Gasteiger partial charge in [-0.2, -0.15) is 0 Å². The summed E-state index contributed by atoms with van der Waals surface area (Å²) in [4.78, 5) is 15.9. The first-order valence-electron chi connectivity index (χ1n) is 24.7. The molecule has 5 heteroatoms. The van der Waals surface area contributed by atoms with Gasteiger partial charge in [-0.05, 0) is 133 Å². The van der Waals surface area contributed by atoms with E-state index in [1.807, 2.05) is 36.4 Å². The first-order chi connectivity index (χ1) is 35.3. The van der Waals surface area contributed by atoms with Gasteiger partial charge in [0.25, 0.3) is 0 Å². The molecule has 0 aliphatic rings. The molecule has 0 radical (unpaired) electrons. The number of fused-ring (bicyclic) bond motifs is 6. The Morgan fingerprint density at radius 1 is 0.278 bits per heavy atom. The van der Waals surface area contributed by atoms with Gasteiger partial charge in [0.15, 0.2) is 17.5 Å². The number of hydrogen-bond donors (Lipinski definition) is 0. The summed E-state index contributed by atoms with van der Waals surface area (Å²) in [5, 5.41) is 4.78. The van der Waals surface area contributed by atoms with Crippen molar-refractivity contribution in [1.29, 1.82) is 0 Å². The molecule has 0 atom stereocenters. The summed E-state index contributed by atoms with van der Waals surface area (Å²) in [5.74, 6) is 1.82. The minimum atomic E-state index is 0.591. The van der Waals surface area contributed by atoms with Crippen molar-refractivity contribution >= 4 is 43.6 Å². The molecule has 5 nitrogen and oxygen atoms in total. The predicted molar refractivity (Wildman–Crippen MR) is 300 cm³/mol. The quantitative estimate of drug-likeness (QED) is 0.153. The lowest BCUT2D eigenvalue weighted by molar-refractivity contribution is 1.06. The van der Waals surface area contributed by atoms with Crippen molar-refractivity contribution in [2.24, 2.45) is 0 Å². The maximum absolute atomic E-state index is 5.40. The second-order valence-electron chi connectivity index (χ2n) is 19.1. The maximum atomic E-state index is 5.40. The standard InChI is InChI=1S/C67H49N5/c1-42-24-30-53(44(3)36-42)50-28-34-61-57(39-50)58-40-51(54-31-25-43(2)37-45(54)4)29-35-62(58)72(61)63-33-27-48(49-26-32-56-55-22-14-15-23-60(55)71(64(56)41-49)52-20-12-7-13-21-52)38-59(63)67-69-65(46-16-8-5-9-17-46)68-66(70-67)47-18-10-6-11-19-47/h5-41H,1-4H3. The van der Waals surface area contributed by atoms with E-state index in [0.29, 0.717) is 17.5 Å². The van der Waals surface area contributed by atoms with Gasteiger partial charge < -0.3 is 9.13 Å². The topological polar surface area (TPSA) is 48.5 Å².